The van der Waals surface area contributed by atoms with Crippen LogP contribution in [0.15, 0.2) is 12.1 Å². The standard InChI is InChI=1S/C15H22ClNO2/c1-4-13-7-12(9-16)8-15(17-13)19-14-5-10(2)18-11(3)6-14/h7-8,10-11,14H,4-6,9H2,1-3H3. The number of aromatic nitrogens is 1. The number of hydrogen-bond donors (Lipinski definition) is 0. The Morgan fingerprint density at radius 3 is 2.58 bits per heavy atom. The lowest BCUT2D eigenvalue weighted by Gasteiger charge is -2.32. The van der Waals surface area contributed by atoms with Crippen molar-refractivity contribution < 1.29 is 9.47 Å². The summed E-state index contributed by atoms with van der Waals surface area (Å²) < 4.78 is 11.8. The Labute approximate surface area is 120 Å². The number of nitrogens with zero attached hydrogens (tertiary/aromatic N) is 1. The van der Waals surface area contributed by atoms with Gasteiger partial charge >= 0.3 is 0 Å². The van der Waals surface area contributed by atoms with Gasteiger partial charge in [0.2, 0.25) is 5.88 Å². The van der Waals surface area contributed by atoms with E-state index in [1.54, 1.807) is 0 Å². The highest BCUT2D eigenvalue weighted by atomic mass is 35.5. The molecule has 1 aliphatic heterocycles. The summed E-state index contributed by atoms with van der Waals surface area (Å²) in [6.45, 7) is 6.26. The largest absolute Gasteiger partial charge is 0.474 e. The third-order valence-electron chi connectivity index (χ3n) is 3.37. The molecule has 0 aromatic carbocycles. The molecule has 0 radical (unpaired) electrons. The van der Waals surface area contributed by atoms with Gasteiger partial charge in [-0.2, -0.15) is 0 Å². The quantitative estimate of drug-likeness (QED) is 0.789. The second-order valence-electron chi connectivity index (χ2n) is 5.26. The molecule has 1 aromatic heterocycles. The summed E-state index contributed by atoms with van der Waals surface area (Å²) >= 11 is 5.91. The third kappa shape index (κ3) is 4.08. The topological polar surface area (TPSA) is 31.4 Å². The van der Waals surface area contributed by atoms with E-state index in [2.05, 4.69) is 25.8 Å². The van der Waals surface area contributed by atoms with Gasteiger partial charge in [-0.1, -0.05) is 6.92 Å². The van der Waals surface area contributed by atoms with Gasteiger partial charge in [-0.25, -0.2) is 4.98 Å². The fourth-order valence-electron chi connectivity index (χ4n) is 2.55. The zero-order valence-corrected chi connectivity index (χ0v) is 12.6. The molecule has 106 valence electrons. The summed E-state index contributed by atoms with van der Waals surface area (Å²) in [6.07, 6.45) is 3.39. The van der Waals surface area contributed by atoms with Gasteiger partial charge in [0.25, 0.3) is 0 Å². The first kappa shape index (κ1) is 14.6. The number of alkyl halides is 1. The lowest BCUT2D eigenvalue weighted by Crippen LogP contribution is -2.35. The maximum Gasteiger partial charge on any atom is 0.214 e. The highest BCUT2D eigenvalue weighted by Gasteiger charge is 2.26. The number of pyridine rings is 1. The van der Waals surface area contributed by atoms with Gasteiger partial charge in [0.05, 0.1) is 12.2 Å². The van der Waals surface area contributed by atoms with Crippen molar-refractivity contribution in [3.05, 3.63) is 23.4 Å². The Bertz CT molecular complexity index is 392. The number of rotatable bonds is 4. The Hall–Kier alpha value is -0.800. The number of ether oxygens (including phenoxy) is 2. The van der Waals surface area contributed by atoms with Crippen molar-refractivity contribution in [3.8, 4) is 5.88 Å². The predicted octanol–water partition coefficient (Wildman–Crippen LogP) is 3.72. The molecule has 2 atom stereocenters. The first-order valence-electron chi connectivity index (χ1n) is 6.98. The minimum Gasteiger partial charge on any atom is -0.474 e. The summed E-state index contributed by atoms with van der Waals surface area (Å²) in [5.74, 6) is 1.19. The SMILES string of the molecule is CCc1cc(CCl)cc(OC2CC(C)OC(C)C2)n1. The Morgan fingerprint density at radius 2 is 2.00 bits per heavy atom. The van der Waals surface area contributed by atoms with Crippen molar-refractivity contribution in [1.29, 1.82) is 0 Å². The molecular formula is C15H22ClNO2. The number of halogens is 1. The van der Waals surface area contributed by atoms with Crippen molar-refractivity contribution in [2.24, 2.45) is 0 Å². The summed E-state index contributed by atoms with van der Waals surface area (Å²) in [7, 11) is 0. The van der Waals surface area contributed by atoms with Crippen LogP contribution in [0.5, 0.6) is 5.88 Å². The zero-order valence-electron chi connectivity index (χ0n) is 11.9. The summed E-state index contributed by atoms with van der Waals surface area (Å²) in [4.78, 5) is 4.52. The van der Waals surface area contributed by atoms with Crippen molar-refractivity contribution in [1.82, 2.24) is 4.98 Å². The zero-order chi connectivity index (χ0) is 13.8. The summed E-state index contributed by atoms with van der Waals surface area (Å²) in [6, 6.07) is 3.98. The van der Waals surface area contributed by atoms with Gasteiger partial charge in [0, 0.05) is 30.5 Å². The van der Waals surface area contributed by atoms with Crippen molar-refractivity contribution in [2.45, 2.75) is 64.2 Å². The monoisotopic (exact) mass is 283 g/mol. The van der Waals surface area contributed by atoms with Gasteiger partial charge < -0.3 is 9.47 Å². The first-order chi connectivity index (χ1) is 9.10. The molecule has 0 spiro atoms. The van der Waals surface area contributed by atoms with E-state index < -0.39 is 0 Å². The van der Waals surface area contributed by atoms with Crippen LogP contribution in [0.2, 0.25) is 0 Å². The van der Waals surface area contributed by atoms with E-state index in [0.717, 1.165) is 30.5 Å². The van der Waals surface area contributed by atoms with Crippen LogP contribution in [0.25, 0.3) is 0 Å². The van der Waals surface area contributed by atoms with E-state index in [1.807, 2.05) is 12.1 Å². The molecular weight excluding hydrogens is 262 g/mol. The second-order valence-corrected chi connectivity index (χ2v) is 5.53. The van der Waals surface area contributed by atoms with E-state index in [-0.39, 0.29) is 18.3 Å². The van der Waals surface area contributed by atoms with Crippen molar-refractivity contribution in [3.63, 3.8) is 0 Å². The average molecular weight is 284 g/mol. The van der Waals surface area contributed by atoms with Crippen LogP contribution in [0, 0.1) is 0 Å². The summed E-state index contributed by atoms with van der Waals surface area (Å²) in [5, 5.41) is 0. The van der Waals surface area contributed by atoms with Crippen LogP contribution in [-0.4, -0.2) is 23.3 Å². The molecule has 1 saturated heterocycles. The van der Waals surface area contributed by atoms with Crippen LogP contribution in [0.1, 0.15) is 44.9 Å². The highest BCUT2D eigenvalue weighted by Crippen LogP contribution is 2.24. The molecule has 3 nitrogen and oxygen atoms in total. The van der Waals surface area contributed by atoms with Gasteiger partial charge in [-0.3, -0.25) is 0 Å². The average Bonchev–Trinajstić information content (AvgIpc) is 2.37. The fourth-order valence-corrected chi connectivity index (χ4v) is 2.70. The van der Waals surface area contributed by atoms with Crippen LogP contribution in [0.3, 0.4) is 0 Å². The van der Waals surface area contributed by atoms with E-state index in [4.69, 9.17) is 21.1 Å². The number of hydrogen-bond acceptors (Lipinski definition) is 3. The molecule has 2 unspecified atom stereocenters. The summed E-state index contributed by atoms with van der Waals surface area (Å²) in [5.41, 5.74) is 2.10. The minimum absolute atomic E-state index is 0.182. The molecule has 0 saturated carbocycles. The first-order valence-corrected chi connectivity index (χ1v) is 7.52. The van der Waals surface area contributed by atoms with Crippen molar-refractivity contribution in [2.75, 3.05) is 0 Å². The molecule has 2 heterocycles. The second kappa shape index (κ2) is 6.58. The lowest BCUT2D eigenvalue weighted by atomic mass is 10.0. The van der Waals surface area contributed by atoms with Crippen LogP contribution < -0.4 is 4.74 Å². The van der Waals surface area contributed by atoms with Gasteiger partial charge in [0.15, 0.2) is 0 Å². The fraction of sp³-hybridized carbons (Fsp3) is 0.667. The maximum atomic E-state index is 6.03. The minimum atomic E-state index is 0.182. The van der Waals surface area contributed by atoms with Crippen LogP contribution in [0.4, 0.5) is 0 Å². The smallest absolute Gasteiger partial charge is 0.214 e. The van der Waals surface area contributed by atoms with Crippen molar-refractivity contribution >= 4 is 11.6 Å². The number of aryl methyl sites for hydroxylation is 1. The van der Waals surface area contributed by atoms with Crippen LogP contribution >= 0.6 is 11.6 Å². The molecule has 1 aromatic rings. The van der Waals surface area contributed by atoms with E-state index in [1.165, 1.54) is 0 Å². The molecule has 0 amide bonds. The van der Waals surface area contributed by atoms with Gasteiger partial charge in [-0.15, -0.1) is 11.6 Å². The highest BCUT2D eigenvalue weighted by molar-refractivity contribution is 6.17. The van der Waals surface area contributed by atoms with E-state index in [0.29, 0.717) is 11.8 Å². The van der Waals surface area contributed by atoms with Crippen LogP contribution in [-0.2, 0) is 17.0 Å². The Kier molecular flexibility index (Phi) is 5.06. The van der Waals surface area contributed by atoms with E-state index >= 15 is 0 Å². The third-order valence-corrected chi connectivity index (χ3v) is 3.68. The molecule has 4 heteroatoms. The van der Waals surface area contributed by atoms with Gasteiger partial charge in [0.1, 0.15) is 6.10 Å². The molecule has 2 rings (SSSR count). The Balaban J connectivity index is 2.09. The molecule has 0 bridgehead atoms. The maximum absolute atomic E-state index is 6.03. The van der Waals surface area contributed by atoms with Gasteiger partial charge in [-0.05, 0) is 31.9 Å². The normalized spacial score (nSPS) is 27.3. The predicted molar refractivity (Wildman–Crippen MR) is 76.8 cm³/mol. The molecule has 0 N–H and O–H groups in total. The molecule has 1 fully saturated rings. The molecule has 0 aliphatic carbocycles. The molecule has 1 aliphatic rings. The Morgan fingerprint density at radius 1 is 1.32 bits per heavy atom. The molecule has 19 heavy (non-hydrogen) atoms. The van der Waals surface area contributed by atoms with E-state index in [9.17, 15) is 0 Å². The lowest BCUT2D eigenvalue weighted by molar-refractivity contribution is -0.0730.